The molecule has 1 amide bonds. The van der Waals surface area contributed by atoms with Gasteiger partial charge in [0.15, 0.2) is 0 Å². The summed E-state index contributed by atoms with van der Waals surface area (Å²) in [5, 5.41) is 7.16. The topological polar surface area (TPSA) is 44.4 Å². The zero-order chi connectivity index (χ0) is 14.8. The minimum Gasteiger partial charge on any atom is -0.371 e. The lowest BCUT2D eigenvalue weighted by Gasteiger charge is -2.43. The first-order chi connectivity index (χ1) is 10.2. The molecular weight excluding hydrogens is 286 g/mol. The monoisotopic (exact) mass is 307 g/mol. The molecule has 0 bridgehead atoms. The van der Waals surface area contributed by atoms with Crippen molar-refractivity contribution < 1.29 is 4.79 Å². The second-order valence-electron chi connectivity index (χ2n) is 5.98. The first-order valence-electron chi connectivity index (χ1n) is 7.65. The van der Waals surface area contributed by atoms with E-state index in [0.29, 0.717) is 18.4 Å². The van der Waals surface area contributed by atoms with E-state index in [1.807, 2.05) is 19.2 Å². The zero-order valence-electron chi connectivity index (χ0n) is 12.4. The van der Waals surface area contributed by atoms with E-state index in [1.54, 1.807) is 0 Å². The quantitative estimate of drug-likeness (QED) is 0.899. The molecule has 0 aliphatic carbocycles. The number of rotatable bonds is 3. The molecule has 0 radical (unpaired) electrons. The number of piperidine rings is 2. The van der Waals surface area contributed by atoms with Gasteiger partial charge in [-0.3, -0.25) is 4.79 Å². The third-order valence-corrected chi connectivity index (χ3v) is 4.97. The van der Waals surface area contributed by atoms with Crippen molar-refractivity contribution in [2.75, 3.05) is 25.0 Å². The Morgan fingerprint density at radius 3 is 3.10 bits per heavy atom. The molecule has 0 saturated carbocycles. The van der Waals surface area contributed by atoms with Crippen molar-refractivity contribution in [3.8, 4) is 0 Å². The smallest absolute Gasteiger partial charge is 0.220 e. The Kier molecular flexibility index (Phi) is 4.36. The van der Waals surface area contributed by atoms with Crippen LogP contribution in [0.15, 0.2) is 18.2 Å². The van der Waals surface area contributed by atoms with Crippen molar-refractivity contribution in [1.29, 1.82) is 0 Å². The molecular formula is C16H22ClN3O. The second kappa shape index (κ2) is 6.24. The van der Waals surface area contributed by atoms with Gasteiger partial charge in [-0.15, -0.1) is 0 Å². The second-order valence-corrected chi connectivity index (χ2v) is 6.38. The van der Waals surface area contributed by atoms with E-state index in [4.69, 9.17) is 11.6 Å². The molecule has 0 aromatic heterocycles. The molecule has 2 unspecified atom stereocenters. The van der Waals surface area contributed by atoms with Crippen LogP contribution in [0.5, 0.6) is 0 Å². The van der Waals surface area contributed by atoms with Gasteiger partial charge in [-0.25, -0.2) is 0 Å². The number of carbonyl (C=O) groups is 1. The Hall–Kier alpha value is -1.26. The summed E-state index contributed by atoms with van der Waals surface area (Å²) >= 11 is 6.36. The minimum atomic E-state index is 0.211. The summed E-state index contributed by atoms with van der Waals surface area (Å²) in [4.78, 5) is 13.9. The highest BCUT2D eigenvalue weighted by molar-refractivity contribution is 6.31. The first kappa shape index (κ1) is 14.7. The number of hydrogen-bond donors (Lipinski definition) is 2. The Labute approximate surface area is 130 Å². The predicted octanol–water partition coefficient (Wildman–Crippen LogP) is 2.16. The Morgan fingerprint density at radius 1 is 1.43 bits per heavy atom. The van der Waals surface area contributed by atoms with E-state index in [1.165, 1.54) is 11.3 Å². The maximum Gasteiger partial charge on any atom is 0.220 e. The van der Waals surface area contributed by atoms with Crippen LogP contribution in [0.2, 0.25) is 5.02 Å². The number of halogens is 1. The van der Waals surface area contributed by atoms with Crippen LogP contribution in [0.3, 0.4) is 0 Å². The van der Waals surface area contributed by atoms with E-state index < -0.39 is 0 Å². The van der Waals surface area contributed by atoms with Crippen LogP contribution in [0, 0.1) is 5.92 Å². The summed E-state index contributed by atoms with van der Waals surface area (Å²) < 4.78 is 0. The molecule has 1 aromatic carbocycles. The molecule has 2 heterocycles. The molecule has 2 saturated heterocycles. The Bertz CT molecular complexity index is 534. The van der Waals surface area contributed by atoms with Crippen LogP contribution in [0.1, 0.15) is 24.8 Å². The third kappa shape index (κ3) is 3.01. The molecule has 4 nitrogen and oxygen atoms in total. The lowest BCUT2D eigenvalue weighted by atomic mass is 9.85. The summed E-state index contributed by atoms with van der Waals surface area (Å²) in [6, 6.07) is 6.48. The van der Waals surface area contributed by atoms with E-state index in [0.717, 1.165) is 37.5 Å². The molecule has 0 spiro atoms. The van der Waals surface area contributed by atoms with Gasteiger partial charge in [0.1, 0.15) is 0 Å². The van der Waals surface area contributed by atoms with Crippen molar-refractivity contribution in [2.24, 2.45) is 5.92 Å². The van der Waals surface area contributed by atoms with Crippen molar-refractivity contribution in [3.05, 3.63) is 28.8 Å². The Balaban J connectivity index is 1.79. The maximum atomic E-state index is 11.5. The van der Waals surface area contributed by atoms with Crippen molar-refractivity contribution >= 4 is 23.2 Å². The molecule has 2 aliphatic rings. The lowest BCUT2D eigenvalue weighted by molar-refractivity contribution is -0.124. The van der Waals surface area contributed by atoms with Gasteiger partial charge in [-0.1, -0.05) is 17.7 Å². The van der Waals surface area contributed by atoms with E-state index in [-0.39, 0.29) is 5.91 Å². The SMILES string of the molecule is CNCc1c(Cl)cccc1N1CCC2NC(=O)CCC2C1. The largest absolute Gasteiger partial charge is 0.371 e. The van der Waals surface area contributed by atoms with Crippen molar-refractivity contribution in [3.63, 3.8) is 0 Å². The normalized spacial score (nSPS) is 25.4. The third-order valence-electron chi connectivity index (χ3n) is 4.61. The summed E-state index contributed by atoms with van der Waals surface area (Å²) in [6.07, 6.45) is 2.67. The zero-order valence-corrected chi connectivity index (χ0v) is 13.1. The maximum absolute atomic E-state index is 11.5. The summed E-state index contributed by atoms with van der Waals surface area (Å²) in [5.41, 5.74) is 2.40. The minimum absolute atomic E-state index is 0.211. The number of benzene rings is 1. The highest BCUT2D eigenvalue weighted by Gasteiger charge is 2.34. The molecule has 3 rings (SSSR count). The van der Waals surface area contributed by atoms with Crippen molar-refractivity contribution in [1.82, 2.24) is 10.6 Å². The molecule has 5 heteroatoms. The van der Waals surface area contributed by atoms with E-state index in [2.05, 4.69) is 21.6 Å². The van der Waals surface area contributed by atoms with Gasteiger partial charge in [-0.05, 0) is 37.9 Å². The van der Waals surface area contributed by atoms with Gasteiger partial charge in [0.25, 0.3) is 0 Å². The first-order valence-corrected chi connectivity index (χ1v) is 8.03. The summed E-state index contributed by atoms with van der Waals surface area (Å²) in [5.74, 6) is 0.765. The van der Waals surface area contributed by atoms with Crippen LogP contribution in [-0.2, 0) is 11.3 Å². The number of fused-ring (bicyclic) bond motifs is 1. The van der Waals surface area contributed by atoms with Crippen LogP contribution in [0.25, 0.3) is 0 Å². The van der Waals surface area contributed by atoms with Gasteiger partial charge in [0.2, 0.25) is 5.91 Å². The fourth-order valence-corrected chi connectivity index (χ4v) is 3.76. The number of hydrogen-bond acceptors (Lipinski definition) is 3. The van der Waals surface area contributed by atoms with E-state index in [9.17, 15) is 4.79 Å². The number of nitrogens with zero attached hydrogens (tertiary/aromatic N) is 1. The van der Waals surface area contributed by atoms with Gasteiger partial charge < -0.3 is 15.5 Å². The summed E-state index contributed by atoms with van der Waals surface area (Å²) in [6.45, 7) is 2.75. The fourth-order valence-electron chi connectivity index (χ4n) is 3.52. The van der Waals surface area contributed by atoms with Gasteiger partial charge in [-0.2, -0.15) is 0 Å². The van der Waals surface area contributed by atoms with Crippen LogP contribution in [-0.4, -0.2) is 32.1 Å². The van der Waals surface area contributed by atoms with E-state index >= 15 is 0 Å². The summed E-state index contributed by atoms with van der Waals surface area (Å²) in [7, 11) is 1.94. The van der Waals surface area contributed by atoms with Gasteiger partial charge in [0, 0.05) is 48.4 Å². The lowest BCUT2D eigenvalue weighted by Crippen LogP contribution is -2.54. The van der Waals surface area contributed by atoms with Crippen LogP contribution >= 0.6 is 11.6 Å². The van der Waals surface area contributed by atoms with Crippen molar-refractivity contribution in [2.45, 2.75) is 31.8 Å². The van der Waals surface area contributed by atoms with Gasteiger partial charge >= 0.3 is 0 Å². The average Bonchev–Trinajstić information content (AvgIpc) is 2.49. The molecule has 2 fully saturated rings. The van der Waals surface area contributed by atoms with Crippen LogP contribution < -0.4 is 15.5 Å². The number of carbonyl (C=O) groups excluding carboxylic acids is 1. The molecule has 2 aliphatic heterocycles. The molecule has 21 heavy (non-hydrogen) atoms. The molecule has 2 atom stereocenters. The van der Waals surface area contributed by atoms with Crippen LogP contribution in [0.4, 0.5) is 5.69 Å². The number of anilines is 1. The number of nitrogens with one attached hydrogen (secondary N) is 2. The standard InChI is InChI=1S/C16H22ClN3O/c1-18-9-12-13(17)3-2-4-15(12)20-8-7-14-11(10-20)5-6-16(21)19-14/h2-4,11,14,18H,5-10H2,1H3,(H,19,21). The molecule has 2 N–H and O–H groups in total. The predicted molar refractivity (Wildman–Crippen MR) is 85.7 cm³/mol. The highest BCUT2D eigenvalue weighted by atomic mass is 35.5. The van der Waals surface area contributed by atoms with Gasteiger partial charge in [0.05, 0.1) is 0 Å². The average molecular weight is 308 g/mol. The fraction of sp³-hybridized carbons (Fsp3) is 0.562. The Morgan fingerprint density at radius 2 is 2.29 bits per heavy atom. The highest BCUT2D eigenvalue weighted by Crippen LogP contribution is 2.33. The number of amides is 1. The molecule has 114 valence electrons. The molecule has 1 aromatic rings.